The van der Waals surface area contributed by atoms with Crippen molar-refractivity contribution in [2.45, 2.75) is 57.5 Å². The van der Waals surface area contributed by atoms with Crippen LogP contribution in [0.1, 0.15) is 51.4 Å². The normalized spacial score (nSPS) is 29.3. The molecule has 0 radical (unpaired) electrons. The molecule has 1 amide bonds. The number of alkyl halides is 3. The number of aliphatic carboxylic acids is 1. The monoisotopic (exact) mass is 335 g/mol. The summed E-state index contributed by atoms with van der Waals surface area (Å²) in [5, 5.41) is 8.74. The highest BCUT2D eigenvalue weighted by Gasteiger charge is 2.49. The van der Waals surface area contributed by atoms with Gasteiger partial charge >= 0.3 is 12.1 Å². The van der Waals surface area contributed by atoms with Crippen LogP contribution in [0.4, 0.5) is 13.2 Å². The number of hydrogen-bond acceptors (Lipinski definition) is 2. The molecule has 2 fully saturated rings. The second-order valence-corrected chi connectivity index (χ2v) is 6.76. The van der Waals surface area contributed by atoms with E-state index in [1.165, 1.54) is 0 Å². The molecule has 0 aromatic rings. The van der Waals surface area contributed by atoms with Gasteiger partial charge in [-0.1, -0.05) is 12.8 Å². The van der Waals surface area contributed by atoms with Crippen molar-refractivity contribution >= 4 is 11.9 Å². The van der Waals surface area contributed by atoms with Gasteiger partial charge in [0.1, 0.15) is 0 Å². The van der Waals surface area contributed by atoms with Gasteiger partial charge in [0.2, 0.25) is 5.91 Å². The lowest BCUT2D eigenvalue weighted by Gasteiger charge is -2.39. The minimum atomic E-state index is -4.32. The number of halogens is 3. The molecule has 23 heavy (non-hydrogen) atoms. The summed E-state index contributed by atoms with van der Waals surface area (Å²) < 4.78 is 39.5. The largest absolute Gasteiger partial charge is 0.481 e. The van der Waals surface area contributed by atoms with Gasteiger partial charge in [0.05, 0.1) is 5.92 Å². The molecule has 0 unspecified atom stereocenters. The van der Waals surface area contributed by atoms with Gasteiger partial charge in [-0.2, -0.15) is 13.2 Å². The summed E-state index contributed by atoms with van der Waals surface area (Å²) in [7, 11) is 0. The molecule has 1 heterocycles. The van der Waals surface area contributed by atoms with Crippen LogP contribution in [0.2, 0.25) is 0 Å². The van der Waals surface area contributed by atoms with Gasteiger partial charge in [-0.15, -0.1) is 0 Å². The molecule has 1 saturated heterocycles. The lowest BCUT2D eigenvalue weighted by atomic mass is 9.77. The Bertz CT molecular complexity index is 439. The summed E-state index contributed by atoms with van der Waals surface area (Å²) in [5.41, 5.74) is 0. The van der Waals surface area contributed by atoms with E-state index in [0.717, 1.165) is 12.8 Å². The van der Waals surface area contributed by atoms with Crippen molar-refractivity contribution in [3.63, 3.8) is 0 Å². The van der Waals surface area contributed by atoms with E-state index in [2.05, 4.69) is 0 Å². The molecule has 1 N–H and O–H groups in total. The zero-order valence-electron chi connectivity index (χ0n) is 13.1. The number of carbonyl (C=O) groups excluding carboxylic acids is 1. The van der Waals surface area contributed by atoms with E-state index in [4.69, 9.17) is 5.11 Å². The van der Waals surface area contributed by atoms with Crippen LogP contribution in [0, 0.1) is 17.8 Å². The fourth-order valence-electron chi connectivity index (χ4n) is 3.88. The van der Waals surface area contributed by atoms with Gasteiger partial charge in [0.15, 0.2) is 0 Å². The van der Waals surface area contributed by atoms with Crippen LogP contribution in [-0.2, 0) is 9.59 Å². The predicted molar refractivity (Wildman–Crippen MR) is 77.7 cm³/mol. The zero-order valence-corrected chi connectivity index (χ0v) is 13.1. The first-order valence-corrected chi connectivity index (χ1v) is 8.36. The third-order valence-corrected chi connectivity index (χ3v) is 5.10. The molecule has 7 heteroatoms. The van der Waals surface area contributed by atoms with Gasteiger partial charge in [-0.05, 0) is 38.0 Å². The van der Waals surface area contributed by atoms with Crippen molar-refractivity contribution in [1.82, 2.24) is 4.90 Å². The molecule has 1 aliphatic carbocycles. The number of piperidine rings is 1. The minimum Gasteiger partial charge on any atom is -0.481 e. The molecule has 1 aliphatic heterocycles. The minimum absolute atomic E-state index is 0.0379. The Morgan fingerprint density at radius 2 is 1.78 bits per heavy atom. The average molecular weight is 335 g/mol. The van der Waals surface area contributed by atoms with Gasteiger partial charge in [0, 0.05) is 25.4 Å². The number of carbonyl (C=O) groups is 2. The van der Waals surface area contributed by atoms with E-state index < -0.39 is 24.0 Å². The number of likely N-dealkylation sites (tertiary alicyclic amines) is 1. The third kappa shape index (κ3) is 4.85. The van der Waals surface area contributed by atoms with Crippen LogP contribution in [0.15, 0.2) is 0 Å². The number of amides is 1. The Hall–Kier alpha value is -1.27. The molecule has 2 aliphatic rings. The maximum atomic E-state index is 13.2. The van der Waals surface area contributed by atoms with Crippen molar-refractivity contribution < 1.29 is 27.9 Å². The molecular formula is C16H24F3NO3. The lowest BCUT2D eigenvalue weighted by Crippen LogP contribution is -2.48. The van der Waals surface area contributed by atoms with Crippen LogP contribution in [-0.4, -0.2) is 41.1 Å². The number of hydrogen-bond donors (Lipinski definition) is 1. The second-order valence-electron chi connectivity index (χ2n) is 6.76. The molecule has 3 atom stereocenters. The molecular weight excluding hydrogens is 311 g/mol. The maximum absolute atomic E-state index is 13.2. The lowest BCUT2D eigenvalue weighted by molar-refractivity contribution is -0.201. The van der Waals surface area contributed by atoms with E-state index in [0.29, 0.717) is 38.8 Å². The molecule has 0 aromatic carbocycles. The molecule has 0 spiro atoms. The zero-order chi connectivity index (χ0) is 17.0. The summed E-state index contributed by atoms with van der Waals surface area (Å²) in [4.78, 5) is 24.8. The number of nitrogens with zero attached hydrogens (tertiary/aromatic N) is 1. The highest BCUT2D eigenvalue weighted by Crippen LogP contribution is 2.42. The summed E-state index contributed by atoms with van der Waals surface area (Å²) >= 11 is 0. The van der Waals surface area contributed by atoms with Crippen LogP contribution in [0.25, 0.3) is 0 Å². The second kappa shape index (κ2) is 7.53. The third-order valence-electron chi connectivity index (χ3n) is 5.10. The quantitative estimate of drug-likeness (QED) is 0.856. The molecule has 4 nitrogen and oxygen atoms in total. The standard InChI is InChI=1S/C16H24F3NO3/c17-16(18,19)13-6-2-1-5-12(13)15(23)20-9-3-4-11(10-20)7-8-14(21)22/h11-13H,1-10H2,(H,21,22)/t11-,12+,13-/m0/s1. The van der Waals surface area contributed by atoms with E-state index in [-0.39, 0.29) is 24.7 Å². The van der Waals surface area contributed by atoms with Crippen molar-refractivity contribution in [2.75, 3.05) is 13.1 Å². The molecule has 1 saturated carbocycles. The summed E-state index contributed by atoms with van der Waals surface area (Å²) in [5.74, 6) is -3.66. The van der Waals surface area contributed by atoms with Crippen molar-refractivity contribution in [1.29, 1.82) is 0 Å². The Labute approximate surface area is 134 Å². The van der Waals surface area contributed by atoms with Gasteiger partial charge in [-0.3, -0.25) is 9.59 Å². The highest BCUT2D eigenvalue weighted by molar-refractivity contribution is 5.79. The first kappa shape index (κ1) is 18.1. The van der Waals surface area contributed by atoms with E-state index in [1.807, 2.05) is 0 Å². The fraction of sp³-hybridized carbons (Fsp3) is 0.875. The van der Waals surface area contributed by atoms with Gasteiger partial charge < -0.3 is 10.0 Å². The summed E-state index contributed by atoms with van der Waals surface area (Å²) in [6.07, 6.45) is -0.694. The Kier molecular flexibility index (Phi) is 5.92. The number of carboxylic acid groups (broad SMARTS) is 1. The van der Waals surface area contributed by atoms with E-state index in [9.17, 15) is 22.8 Å². The van der Waals surface area contributed by atoms with Crippen molar-refractivity contribution in [2.24, 2.45) is 17.8 Å². The molecule has 0 aromatic heterocycles. The highest BCUT2D eigenvalue weighted by atomic mass is 19.4. The molecule has 2 rings (SSSR count). The number of rotatable bonds is 4. The first-order valence-electron chi connectivity index (χ1n) is 8.36. The smallest absolute Gasteiger partial charge is 0.392 e. The molecule has 0 bridgehead atoms. The number of carboxylic acids is 1. The Morgan fingerprint density at radius 1 is 1.09 bits per heavy atom. The maximum Gasteiger partial charge on any atom is 0.392 e. The average Bonchev–Trinajstić information content (AvgIpc) is 2.51. The van der Waals surface area contributed by atoms with Crippen molar-refractivity contribution in [3.05, 3.63) is 0 Å². The van der Waals surface area contributed by atoms with Crippen LogP contribution < -0.4 is 0 Å². The Balaban J connectivity index is 1.98. The SMILES string of the molecule is O=C(O)CC[C@@H]1CCCN(C(=O)[C@@H]2CCCC[C@@H]2C(F)(F)F)C1. The predicted octanol–water partition coefficient (Wildman–Crippen LogP) is 3.46. The van der Waals surface area contributed by atoms with Crippen LogP contribution in [0.3, 0.4) is 0 Å². The topological polar surface area (TPSA) is 57.6 Å². The Morgan fingerprint density at radius 3 is 2.43 bits per heavy atom. The van der Waals surface area contributed by atoms with Crippen molar-refractivity contribution in [3.8, 4) is 0 Å². The summed E-state index contributed by atoms with van der Waals surface area (Å²) in [6.45, 7) is 0.886. The van der Waals surface area contributed by atoms with E-state index in [1.54, 1.807) is 4.90 Å². The molecule has 132 valence electrons. The van der Waals surface area contributed by atoms with Crippen LogP contribution >= 0.6 is 0 Å². The first-order chi connectivity index (χ1) is 10.8. The van der Waals surface area contributed by atoms with Gasteiger partial charge in [-0.25, -0.2) is 0 Å². The van der Waals surface area contributed by atoms with Crippen LogP contribution in [0.5, 0.6) is 0 Å². The van der Waals surface area contributed by atoms with Gasteiger partial charge in [0.25, 0.3) is 0 Å². The summed E-state index contributed by atoms with van der Waals surface area (Å²) in [6, 6.07) is 0. The van der Waals surface area contributed by atoms with E-state index >= 15 is 0 Å². The fourth-order valence-corrected chi connectivity index (χ4v) is 3.88.